The molecule has 0 amide bonds. The van der Waals surface area contributed by atoms with Crippen LogP contribution < -0.4 is 14.6 Å². The van der Waals surface area contributed by atoms with Gasteiger partial charge in [0.25, 0.3) is 20.0 Å². The molecule has 4 rings (SSSR count). The highest BCUT2D eigenvalue weighted by Crippen LogP contribution is 2.22. The van der Waals surface area contributed by atoms with Crippen molar-refractivity contribution < 1.29 is 35.8 Å². The van der Waals surface area contributed by atoms with Gasteiger partial charge in [0.05, 0.1) is 40.5 Å². The molecule has 2 heterocycles. The average Bonchev–Trinajstić information content (AvgIpc) is 3.70. The standard InChI is InChI=1S/C22H27N3O5S.C6H11N3O3S/c1-28-15-14-24-13-12-22(23-24)31(26,27)25(16-18-4-8-20(29-2)9-5-18)17-19-6-10-21(30-3)11-7-19;1-12-5-4-9-3-2-6(8-9)13(7,10)11/h4-13H,14-17H2,1-3H3;2-3H,4-5H2,1H3,(H2,7,10,11). The molecule has 0 radical (unpaired) electrons. The van der Waals surface area contributed by atoms with E-state index in [-0.39, 0.29) is 23.1 Å². The first-order valence-corrected chi connectivity index (χ1v) is 16.3. The molecule has 0 fully saturated rings. The van der Waals surface area contributed by atoms with Crippen molar-refractivity contribution in [3.8, 4) is 11.5 Å². The number of aromatic nitrogens is 4. The predicted octanol–water partition coefficient (Wildman–Crippen LogP) is 2.11. The smallest absolute Gasteiger partial charge is 0.262 e. The van der Waals surface area contributed by atoms with Gasteiger partial charge in [0.2, 0.25) is 0 Å². The summed E-state index contributed by atoms with van der Waals surface area (Å²) in [6.07, 6.45) is 3.18. The average molecular weight is 651 g/mol. The minimum atomic E-state index is -3.83. The molecule has 0 saturated heterocycles. The zero-order valence-electron chi connectivity index (χ0n) is 25.1. The first kappa shape index (κ1) is 34.7. The van der Waals surface area contributed by atoms with Gasteiger partial charge in [-0.15, -0.1) is 0 Å². The van der Waals surface area contributed by atoms with E-state index in [1.165, 1.54) is 21.1 Å². The van der Waals surface area contributed by atoms with Gasteiger partial charge < -0.3 is 18.9 Å². The number of methoxy groups -OCH3 is 4. The van der Waals surface area contributed by atoms with Gasteiger partial charge in [-0.3, -0.25) is 9.36 Å². The summed E-state index contributed by atoms with van der Waals surface area (Å²) in [5.41, 5.74) is 1.69. The molecule has 14 nitrogen and oxygen atoms in total. The third kappa shape index (κ3) is 10.1. The Morgan fingerprint density at radius 3 is 1.43 bits per heavy atom. The molecule has 0 spiro atoms. The minimum absolute atomic E-state index is 0.00521. The largest absolute Gasteiger partial charge is 0.497 e. The normalized spacial score (nSPS) is 11.7. The zero-order chi connectivity index (χ0) is 32.2. The number of sulfonamides is 2. The molecule has 0 unspecified atom stereocenters. The Balaban J connectivity index is 0.000000340. The lowest BCUT2D eigenvalue weighted by atomic mass is 10.2. The van der Waals surface area contributed by atoms with E-state index < -0.39 is 20.0 Å². The SMILES string of the molecule is COCCn1ccc(S(=O)(=O)N(Cc2ccc(OC)cc2)Cc2ccc(OC)cc2)n1.COCCn1ccc(S(N)(=O)=O)n1. The van der Waals surface area contributed by atoms with Crippen molar-refractivity contribution in [2.75, 3.05) is 41.7 Å². The highest BCUT2D eigenvalue weighted by molar-refractivity contribution is 7.89. The van der Waals surface area contributed by atoms with Crippen LogP contribution in [0.15, 0.2) is 83.1 Å². The highest BCUT2D eigenvalue weighted by Gasteiger charge is 2.27. The van der Waals surface area contributed by atoms with Crippen molar-refractivity contribution in [2.24, 2.45) is 5.14 Å². The maximum Gasteiger partial charge on any atom is 0.262 e. The van der Waals surface area contributed by atoms with Crippen LogP contribution in [-0.2, 0) is 55.7 Å². The first-order chi connectivity index (χ1) is 21.0. The molecule has 0 bridgehead atoms. The van der Waals surface area contributed by atoms with Crippen LogP contribution in [-0.4, -0.2) is 82.4 Å². The van der Waals surface area contributed by atoms with E-state index >= 15 is 0 Å². The van der Waals surface area contributed by atoms with Gasteiger partial charge in [-0.2, -0.15) is 14.5 Å². The Hall–Kier alpha value is -3.80. The van der Waals surface area contributed by atoms with Crippen LogP contribution in [0.3, 0.4) is 0 Å². The second kappa shape index (κ2) is 16.3. The van der Waals surface area contributed by atoms with Gasteiger partial charge in [-0.25, -0.2) is 22.0 Å². The Kier molecular flexibility index (Phi) is 12.9. The molecular formula is C28H38N6O8S2. The molecule has 4 aromatic rings. The Labute approximate surface area is 258 Å². The fraction of sp³-hybridized carbons (Fsp3) is 0.357. The highest BCUT2D eigenvalue weighted by atomic mass is 32.2. The van der Waals surface area contributed by atoms with Crippen molar-refractivity contribution in [1.82, 2.24) is 23.9 Å². The summed E-state index contributed by atoms with van der Waals surface area (Å²) in [4.78, 5) is 0. The summed E-state index contributed by atoms with van der Waals surface area (Å²) in [5, 5.41) is 12.7. The lowest BCUT2D eigenvalue weighted by Gasteiger charge is -2.21. The van der Waals surface area contributed by atoms with E-state index in [4.69, 9.17) is 24.1 Å². The summed E-state index contributed by atoms with van der Waals surface area (Å²) < 4.78 is 73.1. The summed E-state index contributed by atoms with van der Waals surface area (Å²) >= 11 is 0. The predicted molar refractivity (Wildman–Crippen MR) is 162 cm³/mol. The van der Waals surface area contributed by atoms with Crippen molar-refractivity contribution in [2.45, 2.75) is 36.2 Å². The second-order valence-corrected chi connectivity index (χ2v) is 12.7. The molecule has 0 aliphatic carbocycles. The Bertz CT molecular complexity index is 1610. The van der Waals surface area contributed by atoms with Gasteiger partial charge in [-0.05, 0) is 47.5 Å². The monoisotopic (exact) mass is 650 g/mol. The maximum absolute atomic E-state index is 13.4. The topological polar surface area (TPSA) is 170 Å². The van der Waals surface area contributed by atoms with E-state index in [1.807, 2.05) is 48.5 Å². The number of nitrogens with zero attached hydrogens (tertiary/aromatic N) is 5. The molecule has 2 N–H and O–H groups in total. The van der Waals surface area contributed by atoms with Crippen LogP contribution in [0.25, 0.3) is 0 Å². The number of rotatable bonds is 15. The molecule has 2 aromatic heterocycles. The molecule has 240 valence electrons. The number of nitrogens with two attached hydrogens (primary N) is 1. The Morgan fingerprint density at radius 2 is 1.07 bits per heavy atom. The van der Waals surface area contributed by atoms with Crippen molar-refractivity contribution in [3.63, 3.8) is 0 Å². The summed E-state index contributed by atoms with van der Waals surface area (Å²) in [5.74, 6) is 1.43. The maximum atomic E-state index is 13.4. The summed E-state index contributed by atoms with van der Waals surface area (Å²) in [7, 11) is -1.18. The van der Waals surface area contributed by atoms with Crippen LogP contribution >= 0.6 is 0 Å². The summed E-state index contributed by atoms with van der Waals surface area (Å²) in [6.45, 7) is 2.30. The fourth-order valence-electron chi connectivity index (χ4n) is 3.82. The van der Waals surface area contributed by atoms with Crippen molar-refractivity contribution >= 4 is 20.0 Å². The van der Waals surface area contributed by atoms with Crippen molar-refractivity contribution in [3.05, 3.63) is 84.2 Å². The number of benzene rings is 2. The lowest BCUT2D eigenvalue weighted by molar-refractivity contribution is 0.183. The molecule has 16 heteroatoms. The Morgan fingerprint density at radius 1 is 0.659 bits per heavy atom. The van der Waals surface area contributed by atoms with Gasteiger partial charge in [0.1, 0.15) is 11.5 Å². The number of hydrogen-bond acceptors (Lipinski definition) is 10. The third-order valence-electron chi connectivity index (χ3n) is 6.21. The molecule has 0 saturated carbocycles. The quantitative estimate of drug-likeness (QED) is 0.201. The molecule has 0 atom stereocenters. The number of primary sulfonamides is 1. The van der Waals surface area contributed by atoms with E-state index in [1.54, 1.807) is 45.5 Å². The minimum Gasteiger partial charge on any atom is -0.497 e. The molecule has 0 aliphatic heterocycles. The van der Waals surface area contributed by atoms with Gasteiger partial charge >= 0.3 is 0 Å². The first-order valence-electron chi connectivity index (χ1n) is 13.3. The molecular weight excluding hydrogens is 612 g/mol. The van der Waals surface area contributed by atoms with Gasteiger partial charge in [0.15, 0.2) is 10.1 Å². The number of ether oxygens (including phenoxy) is 4. The van der Waals surface area contributed by atoms with Crippen LogP contribution in [0, 0.1) is 0 Å². The van der Waals surface area contributed by atoms with Gasteiger partial charge in [0, 0.05) is 39.7 Å². The number of hydrogen-bond donors (Lipinski definition) is 1. The van der Waals surface area contributed by atoms with Crippen LogP contribution in [0.1, 0.15) is 11.1 Å². The lowest BCUT2D eigenvalue weighted by Crippen LogP contribution is -2.30. The molecule has 0 aliphatic rings. The molecule has 2 aromatic carbocycles. The van der Waals surface area contributed by atoms with Gasteiger partial charge in [-0.1, -0.05) is 24.3 Å². The van der Waals surface area contributed by atoms with Crippen LogP contribution in [0.5, 0.6) is 11.5 Å². The second-order valence-electron chi connectivity index (χ2n) is 9.33. The van der Waals surface area contributed by atoms with E-state index in [9.17, 15) is 16.8 Å². The van der Waals surface area contributed by atoms with Crippen molar-refractivity contribution in [1.29, 1.82) is 0 Å². The van der Waals surface area contributed by atoms with E-state index in [0.717, 1.165) is 11.1 Å². The zero-order valence-corrected chi connectivity index (χ0v) is 26.7. The molecule has 44 heavy (non-hydrogen) atoms. The summed E-state index contributed by atoms with van der Waals surface area (Å²) in [6, 6.07) is 17.5. The van der Waals surface area contributed by atoms with Crippen LogP contribution in [0.2, 0.25) is 0 Å². The van der Waals surface area contributed by atoms with E-state index in [0.29, 0.717) is 37.8 Å². The van der Waals surface area contributed by atoms with Crippen LogP contribution in [0.4, 0.5) is 0 Å². The van der Waals surface area contributed by atoms with E-state index in [2.05, 4.69) is 10.2 Å². The third-order valence-corrected chi connectivity index (χ3v) is 8.70. The fourth-order valence-corrected chi connectivity index (χ4v) is 5.63.